The van der Waals surface area contributed by atoms with Crippen molar-refractivity contribution in [3.8, 4) is 0 Å². The van der Waals surface area contributed by atoms with Gasteiger partial charge in [-0.2, -0.15) is 0 Å². The first kappa shape index (κ1) is 19.3. The number of benzene rings is 1. The van der Waals surface area contributed by atoms with Crippen LogP contribution in [0.4, 0.5) is 4.79 Å². The molecule has 2 heterocycles. The topological polar surface area (TPSA) is 71.8 Å². The van der Waals surface area contributed by atoms with Crippen LogP contribution in [0.1, 0.15) is 57.9 Å². The molecule has 1 N–H and O–H groups in total. The van der Waals surface area contributed by atoms with Gasteiger partial charge in [0, 0.05) is 17.5 Å². The van der Waals surface area contributed by atoms with E-state index in [1.807, 2.05) is 58.9 Å². The minimum atomic E-state index is -0.584. The maximum Gasteiger partial charge on any atom is 0.410 e. The standard InChI is InChI=1S/C21H28N2O4/c1-13-15-9-6-7-11-17(15)26-18(13)14(2)22-19(24)16-10-8-12-23(16)20(25)27-21(3,4)5/h6-7,9,11,14,16H,8,10,12H2,1-5H3,(H,22,24). The van der Waals surface area contributed by atoms with Crippen molar-refractivity contribution in [3.63, 3.8) is 0 Å². The van der Waals surface area contributed by atoms with Gasteiger partial charge in [0.2, 0.25) is 5.91 Å². The van der Waals surface area contributed by atoms with Gasteiger partial charge in [0.15, 0.2) is 0 Å². The van der Waals surface area contributed by atoms with Crippen LogP contribution in [0.2, 0.25) is 0 Å². The van der Waals surface area contributed by atoms with Gasteiger partial charge in [-0.05, 0) is 53.5 Å². The maximum absolute atomic E-state index is 12.8. The number of furan rings is 1. The highest BCUT2D eigenvalue weighted by molar-refractivity contribution is 5.87. The van der Waals surface area contributed by atoms with Gasteiger partial charge in [-0.25, -0.2) is 4.79 Å². The molecule has 2 unspecified atom stereocenters. The fraction of sp³-hybridized carbons (Fsp3) is 0.524. The number of nitrogens with one attached hydrogen (secondary N) is 1. The molecule has 27 heavy (non-hydrogen) atoms. The van der Waals surface area contributed by atoms with Crippen molar-refractivity contribution in [2.75, 3.05) is 6.54 Å². The molecule has 0 aliphatic carbocycles. The zero-order chi connectivity index (χ0) is 19.8. The van der Waals surface area contributed by atoms with Crippen molar-refractivity contribution < 1.29 is 18.7 Å². The van der Waals surface area contributed by atoms with E-state index in [0.29, 0.717) is 13.0 Å². The average molecular weight is 372 g/mol. The van der Waals surface area contributed by atoms with Crippen molar-refractivity contribution in [1.29, 1.82) is 0 Å². The maximum atomic E-state index is 12.8. The predicted octanol–water partition coefficient (Wildman–Crippen LogP) is 4.32. The van der Waals surface area contributed by atoms with Crippen molar-refractivity contribution in [1.82, 2.24) is 10.2 Å². The molecule has 0 bridgehead atoms. The number of rotatable bonds is 3. The number of amides is 2. The fourth-order valence-corrected chi connectivity index (χ4v) is 3.56. The summed E-state index contributed by atoms with van der Waals surface area (Å²) < 4.78 is 11.4. The number of ether oxygens (including phenoxy) is 1. The molecular formula is C21H28N2O4. The van der Waals surface area contributed by atoms with Crippen LogP contribution in [0.25, 0.3) is 11.0 Å². The number of likely N-dealkylation sites (tertiary alicyclic amines) is 1. The van der Waals surface area contributed by atoms with E-state index in [0.717, 1.165) is 28.7 Å². The van der Waals surface area contributed by atoms with E-state index in [1.54, 1.807) is 0 Å². The van der Waals surface area contributed by atoms with Gasteiger partial charge >= 0.3 is 6.09 Å². The summed E-state index contributed by atoms with van der Waals surface area (Å²) in [5.74, 6) is 0.567. The van der Waals surface area contributed by atoms with Crippen LogP contribution in [-0.4, -0.2) is 35.1 Å². The van der Waals surface area contributed by atoms with Gasteiger partial charge in [-0.1, -0.05) is 18.2 Å². The minimum Gasteiger partial charge on any atom is -0.459 e. The van der Waals surface area contributed by atoms with Crippen molar-refractivity contribution >= 4 is 23.0 Å². The second-order valence-electron chi connectivity index (χ2n) is 8.15. The average Bonchev–Trinajstić information content (AvgIpc) is 3.19. The van der Waals surface area contributed by atoms with Crippen LogP contribution in [0.3, 0.4) is 0 Å². The number of nitrogens with zero attached hydrogens (tertiary/aromatic N) is 1. The highest BCUT2D eigenvalue weighted by Crippen LogP contribution is 2.29. The molecule has 1 aliphatic heterocycles. The Kier molecular flexibility index (Phi) is 5.18. The Morgan fingerprint density at radius 2 is 2.00 bits per heavy atom. The van der Waals surface area contributed by atoms with Gasteiger partial charge in [0.1, 0.15) is 23.0 Å². The molecule has 2 aromatic rings. The smallest absolute Gasteiger partial charge is 0.410 e. The molecule has 0 radical (unpaired) electrons. The normalized spacial score (nSPS) is 18.6. The van der Waals surface area contributed by atoms with Crippen molar-refractivity contribution in [2.24, 2.45) is 0 Å². The van der Waals surface area contributed by atoms with Gasteiger partial charge < -0.3 is 14.5 Å². The van der Waals surface area contributed by atoms with Gasteiger partial charge in [0.25, 0.3) is 0 Å². The van der Waals surface area contributed by atoms with E-state index >= 15 is 0 Å². The number of aryl methyl sites for hydroxylation is 1. The molecule has 0 spiro atoms. The summed E-state index contributed by atoms with van der Waals surface area (Å²) in [4.78, 5) is 26.8. The summed E-state index contributed by atoms with van der Waals surface area (Å²) in [5, 5.41) is 4.05. The quantitative estimate of drug-likeness (QED) is 0.871. The van der Waals surface area contributed by atoms with E-state index in [4.69, 9.17) is 9.15 Å². The Hall–Kier alpha value is -2.50. The van der Waals surface area contributed by atoms with Crippen LogP contribution in [0.5, 0.6) is 0 Å². The zero-order valence-electron chi connectivity index (χ0n) is 16.7. The Labute approximate surface area is 159 Å². The Balaban J connectivity index is 1.71. The molecule has 2 atom stereocenters. The Morgan fingerprint density at radius 1 is 1.30 bits per heavy atom. The highest BCUT2D eigenvalue weighted by atomic mass is 16.6. The van der Waals surface area contributed by atoms with Crippen LogP contribution in [0, 0.1) is 6.92 Å². The Morgan fingerprint density at radius 3 is 2.67 bits per heavy atom. The molecule has 0 saturated carbocycles. The molecule has 1 aromatic carbocycles. The summed E-state index contributed by atoms with van der Waals surface area (Å²) >= 11 is 0. The predicted molar refractivity (Wildman–Crippen MR) is 103 cm³/mol. The first-order valence-corrected chi connectivity index (χ1v) is 9.45. The van der Waals surface area contributed by atoms with Crippen LogP contribution >= 0.6 is 0 Å². The third-order valence-electron chi connectivity index (χ3n) is 4.82. The molecule has 6 heteroatoms. The number of carbonyl (C=O) groups is 2. The molecule has 1 saturated heterocycles. The first-order valence-electron chi connectivity index (χ1n) is 9.45. The third kappa shape index (κ3) is 4.10. The van der Waals surface area contributed by atoms with Crippen LogP contribution < -0.4 is 5.32 Å². The van der Waals surface area contributed by atoms with E-state index in [2.05, 4.69) is 5.32 Å². The van der Waals surface area contributed by atoms with Gasteiger partial charge in [0.05, 0.1) is 6.04 Å². The molecule has 1 aliphatic rings. The lowest BCUT2D eigenvalue weighted by molar-refractivity contribution is -0.126. The van der Waals surface area contributed by atoms with Crippen LogP contribution in [0.15, 0.2) is 28.7 Å². The summed E-state index contributed by atoms with van der Waals surface area (Å²) in [6.07, 6.45) is 0.986. The molecule has 1 fully saturated rings. The molecular weight excluding hydrogens is 344 g/mol. The number of carbonyl (C=O) groups excluding carboxylic acids is 2. The number of fused-ring (bicyclic) bond motifs is 1. The molecule has 3 rings (SSSR count). The lowest BCUT2D eigenvalue weighted by Gasteiger charge is -2.28. The highest BCUT2D eigenvalue weighted by Gasteiger charge is 2.37. The summed E-state index contributed by atoms with van der Waals surface area (Å²) in [5.41, 5.74) is 1.25. The second kappa shape index (κ2) is 7.25. The lowest BCUT2D eigenvalue weighted by atomic mass is 10.1. The number of para-hydroxylation sites is 1. The molecule has 2 amide bonds. The van der Waals surface area contributed by atoms with Crippen molar-refractivity contribution in [2.45, 2.75) is 65.1 Å². The first-order chi connectivity index (χ1) is 12.7. The fourth-order valence-electron chi connectivity index (χ4n) is 3.56. The molecule has 146 valence electrons. The zero-order valence-corrected chi connectivity index (χ0v) is 16.7. The Bertz CT molecular complexity index is 849. The van der Waals surface area contributed by atoms with Crippen LogP contribution in [-0.2, 0) is 9.53 Å². The number of hydrogen-bond acceptors (Lipinski definition) is 4. The molecule has 1 aromatic heterocycles. The van der Waals surface area contributed by atoms with E-state index in [9.17, 15) is 9.59 Å². The second-order valence-corrected chi connectivity index (χ2v) is 8.15. The lowest BCUT2D eigenvalue weighted by Crippen LogP contribution is -2.48. The monoisotopic (exact) mass is 372 g/mol. The van der Waals surface area contributed by atoms with E-state index in [-0.39, 0.29) is 11.9 Å². The third-order valence-corrected chi connectivity index (χ3v) is 4.82. The SMILES string of the molecule is Cc1c(C(C)NC(=O)C2CCCN2C(=O)OC(C)(C)C)oc2ccccc12. The summed E-state index contributed by atoms with van der Waals surface area (Å²) in [6, 6.07) is 7.03. The largest absolute Gasteiger partial charge is 0.459 e. The van der Waals surface area contributed by atoms with Gasteiger partial charge in [-0.15, -0.1) is 0 Å². The number of hydrogen-bond donors (Lipinski definition) is 1. The summed E-state index contributed by atoms with van der Waals surface area (Å²) in [7, 11) is 0. The molecule has 6 nitrogen and oxygen atoms in total. The van der Waals surface area contributed by atoms with Gasteiger partial charge in [-0.3, -0.25) is 9.69 Å². The van der Waals surface area contributed by atoms with E-state index in [1.165, 1.54) is 4.90 Å². The van der Waals surface area contributed by atoms with Crippen molar-refractivity contribution in [3.05, 3.63) is 35.6 Å². The minimum absolute atomic E-state index is 0.175. The van der Waals surface area contributed by atoms with E-state index < -0.39 is 17.7 Å². The summed E-state index contributed by atoms with van der Waals surface area (Å²) in [6.45, 7) is 9.89.